The number of H-pyrrole nitrogens is 1. The van der Waals surface area contributed by atoms with Crippen LogP contribution in [0.25, 0.3) is 0 Å². The number of carbonyl (C=O) groups is 1. The zero-order chi connectivity index (χ0) is 12.8. The molecule has 2 heterocycles. The maximum atomic E-state index is 11.7. The molecule has 1 aromatic heterocycles. The van der Waals surface area contributed by atoms with Crippen LogP contribution in [0.5, 0.6) is 0 Å². The lowest BCUT2D eigenvalue weighted by molar-refractivity contribution is 0.0949. The SMILES string of the molecule is O=C(NCCC1=CCNCC1)c1cccc(=O)[nH]1. The molecule has 0 aliphatic carbocycles. The normalized spacial score (nSPS) is 15.0. The number of nitrogens with one attached hydrogen (secondary N) is 3. The van der Waals surface area contributed by atoms with Gasteiger partial charge in [-0.15, -0.1) is 0 Å². The van der Waals surface area contributed by atoms with Gasteiger partial charge in [-0.25, -0.2) is 0 Å². The molecule has 0 unspecified atom stereocenters. The van der Waals surface area contributed by atoms with E-state index in [-0.39, 0.29) is 11.5 Å². The van der Waals surface area contributed by atoms with Crippen LogP contribution in [0.3, 0.4) is 0 Å². The highest BCUT2D eigenvalue weighted by molar-refractivity contribution is 5.92. The second-order valence-electron chi connectivity index (χ2n) is 4.25. The Hall–Kier alpha value is -1.88. The standard InChI is InChI=1S/C13H17N3O2/c17-12-3-1-2-11(16-12)13(18)15-9-6-10-4-7-14-8-5-10/h1-4,14H,5-9H2,(H,15,18)(H,16,17). The quantitative estimate of drug-likeness (QED) is 0.675. The first-order valence-electron chi connectivity index (χ1n) is 6.12. The van der Waals surface area contributed by atoms with Crippen molar-refractivity contribution in [1.82, 2.24) is 15.6 Å². The summed E-state index contributed by atoms with van der Waals surface area (Å²) >= 11 is 0. The van der Waals surface area contributed by atoms with Gasteiger partial charge in [0.05, 0.1) is 0 Å². The van der Waals surface area contributed by atoms with Crippen molar-refractivity contribution in [2.75, 3.05) is 19.6 Å². The van der Waals surface area contributed by atoms with Crippen LogP contribution in [0.2, 0.25) is 0 Å². The van der Waals surface area contributed by atoms with Gasteiger partial charge in [0.1, 0.15) is 5.69 Å². The third-order valence-electron chi connectivity index (χ3n) is 2.90. The molecule has 0 radical (unpaired) electrons. The van der Waals surface area contributed by atoms with E-state index in [0.717, 1.165) is 25.9 Å². The van der Waals surface area contributed by atoms with Gasteiger partial charge in [-0.2, -0.15) is 0 Å². The molecular weight excluding hydrogens is 230 g/mol. The Morgan fingerprint density at radius 1 is 1.39 bits per heavy atom. The highest BCUT2D eigenvalue weighted by Crippen LogP contribution is 2.07. The Balaban J connectivity index is 1.81. The number of aromatic amines is 1. The lowest BCUT2D eigenvalue weighted by Crippen LogP contribution is -2.28. The number of hydrogen-bond acceptors (Lipinski definition) is 3. The summed E-state index contributed by atoms with van der Waals surface area (Å²) in [6.45, 7) is 2.52. The van der Waals surface area contributed by atoms with Gasteiger partial charge < -0.3 is 15.6 Å². The Kier molecular flexibility index (Phi) is 4.30. The molecule has 0 fully saturated rings. The summed E-state index contributed by atoms with van der Waals surface area (Å²) in [5.74, 6) is -0.234. The fraction of sp³-hybridized carbons (Fsp3) is 0.385. The minimum Gasteiger partial charge on any atom is -0.350 e. The second-order valence-corrected chi connectivity index (χ2v) is 4.25. The molecule has 0 saturated heterocycles. The van der Waals surface area contributed by atoms with Gasteiger partial charge >= 0.3 is 0 Å². The Morgan fingerprint density at radius 2 is 2.28 bits per heavy atom. The maximum Gasteiger partial charge on any atom is 0.267 e. The average molecular weight is 247 g/mol. The van der Waals surface area contributed by atoms with Crippen molar-refractivity contribution in [1.29, 1.82) is 0 Å². The van der Waals surface area contributed by atoms with Gasteiger partial charge in [-0.1, -0.05) is 17.7 Å². The Morgan fingerprint density at radius 3 is 3.00 bits per heavy atom. The van der Waals surface area contributed by atoms with Crippen LogP contribution in [0, 0.1) is 0 Å². The van der Waals surface area contributed by atoms with E-state index in [4.69, 9.17) is 0 Å². The van der Waals surface area contributed by atoms with E-state index in [1.165, 1.54) is 11.6 Å². The maximum absolute atomic E-state index is 11.7. The number of pyridine rings is 1. The van der Waals surface area contributed by atoms with E-state index < -0.39 is 0 Å². The third kappa shape index (κ3) is 3.56. The zero-order valence-electron chi connectivity index (χ0n) is 10.2. The molecule has 0 spiro atoms. The van der Waals surface area contributed by atoms with Crippen LogP contribution in [0.1, 0.15) is 23.3 Å². The van der Waals surface area contributed by atoms with Crippen molar-refractivity contribution in [2.45, 2.75) is 12.8 Å². The Labute approximate surface area is 105 Å². The van der Waals surface area contributed by atoms with Crippen LogP contribution >= 0.6 is 0 Å². The first-order chi connectivity index (χ1) is 8.75. The lowest BCUT2D eigenvalue weighted by Gasteiger charge is -2.14. The van der Waals surface area contributed by atoms with E-state index in [1.54, 1.807) is 12.1 Å². The van der Waals surface area contributed by atoms with Crippen molar-refractivity contribution >= 4 is 5.91 Å². The van der Waals surface area contributed by atoms with Gasteiger partial charge in [-0.3, -0.25) is 9.59 Å². The molecule has 5 nitrogen and oxygen atoms in total. The number of rotatable bonds is 4. The first-order valence-corrected chi connectivity index (χ1v) is 6.12. The summed E-state index contributed by atoms with van der Waals surface area (Å²) in [5, 5.41) is 6.05. The Bertz CT molecular complexity index is 505. The van der Waals surface area contributed by atoms with Crippen LogP contribution < -0.4 is 16.2 Å². The molecule has 5 heteroatoms. The lowest BCUT2D eigenvalue weighted by atomic mass is 10.1. The molecule has 96 valence electrons. The molecule has 0 aromatic carbocycles. The number of aromatic nitrogens is 1. The van der Waals surface area contributed by atoms with E-state index in [0.29, 0.717) is 12.2 Å². The number of carbonyl (C=O) groups excluding carboxylic acids is 1. The molecule has 1 aliphatic rings. The van der Waals surface area contributed by atoms with E-state index in [2.05, 4.69) is 21.7 Å². The highest BCUT2D eigenvalue weighted by Gasteiger charge is 2.07. The van der Waals surface area contributed by atoms with Crippen molar-refractivity contribution in [3.05, 3.63) is 45.9 Å². The van der Waals surface area contributed by atoms with E-state index >= 15 is 0 Å². The molecule has 1 amide bonds. The van der Waals surface area contributed by atoms with Crippen LogP contribution in [0.4, 0.5) is 0 Å². The van der Waals surface area contributed by atoms with E-state index in [1.807, 2.05) is 0 Å². The van der Waals surface area contributed by atoms with Crippen LogP contribution in [0.15, 0.2) is 34.6 Å². The minimum atomic E-state index is -0.260. The smallest absolute Gasteiger partial charge is 0.267 e. The molecule has 1 aliphatic heterocycles. The highest BCUT2D eigenvalue weighted by atomic mass is 16.2. The monoisotopic (exact) mass is 247 g/mol. The summed E-state index contributed by atoms with van der Waals surface area (Å²) < 4.78 is 0. The van der Waals surface area contributed by atoms with Crippen LogP contribution in [-0.4, -0.2) is 30.5 Å². The van der Waals surface area contributed by atoms with Crippen molar-refractivity contribution < 1.29 is 4.79 Å². The summed E-state index contributed by atoms with van der Waals surface area (Å²) in [5.41, 5.74) is 1.42. The largest absolute Gasteiger partial charge is 0.350 e. The fourth-order valence-electron chi connectivity index (χ4n) is 1.91. The molecule has 0 bridgehead atoms. The number of hydrogen-bond donors (Lipinski definition) is 3. The van der Waals surface area contributed by atoms with E-state index in [9.17, 15) is 9.59 Å². The van der Waals surface area contributed by atoms with Crippen LogP contribution in [-0.2, 0) is 0 Å². The third-order valence-corrected chi connectivity index (χ3v) is 2.90. The predicted molar refractivity (Wildman–Crippen MR) is 69.6 cm³/mol. The molecule has 18 heavy (non-hydrogen) atoms. The summed E-state index contributed by atoms with van der Waals surface area (Å²) in [6.07, 6.45) is 4.07. The second kappa shape index (κ2) is 6.16. The summed E-state index contributed by atoms with van der Waals surface area (Å²) in [7, 11) is 0. The average Bonchev–Trinajstić information content (AvgIpc) is 2.40. The molecule has 1 aromatic rings. The predicted octanol–water partition coefficient (Wildman–Crippen LogP) is 0.414. The zero-order valence-corrected chi connectivity index (χ0v) is 10.2. The number of amides is 1. The molecule has 3 N–H and O–H groups in total. The van der Waals surface area contributed by atoms with Crippen molar-refractivity contribution in [3.63, 3.8) is 0 Å². The molecule has 2 rings (SSSR count). The topological polar surface area (TPSA) is 74.0 Å². The molecule has 0 atom stereocenters. The minimum absolute atomic E-state index is 0.234. The summed E-state index contributed by atoms with van der Waals surface area (Å²) in [4.78, 5) is 25.3. The van der Waals surface area contributed by atoms with Gasteiger partial charge in [0.15, 0.2) is 0 Å². The van der Waals surface area contributed by atoms with Gasteiger partial charge in [0, 0.05) is 19.2 Å². The first kappa shape index (κ1) is 12.6. The molecular formula is C13H17N3O2. The van der Waals surface area contributed by atoms with Gasteiger partial charge in [-0.05, 0) is 25.5 Å². The van der Waals surface area contributed by atoms with Crippen molar-refractivity contribution in [3.8, 4) is 0 Å². The fourth-order valence-corrected chi connectivity index (χ4v) is 1.91. The van der Waals surface area contributed by atoms with Crippen molar-refractivity contribution in [2.24, 2.45) is 0 Å². The summed E-state index contributed by atoms with van der Waals surface area (Å²) in [6, 6.07) is 4.56. The molecule has 0 saturated carbocycles. The van der Waals surface area contributed by atoms with Gasteiger partial charge in [0.25, 0.3) is 5.91 Å². The van der Waals surface area contributed by atoms with Gasteiger partial charge in [0.2, 0.25) is 5.56 Å².